The van der Waals surface area contributed by atoms with Crippen molar-refractivity contribution in [2.24, 2.45) is 5.92 Å². The van der Waals surface area contributed by atoms with Crippen LogP contribution in [0, 0.1) is 12.8 Å². The smallest absolute Gasteiger partial charge is 0.308 e. The zero-order valence-electron chi connectivity index (χ0n) is 10.5. The molecule has 0 radical (unpaired) electrons. The molecule has 3 unspecified atom stereocenters. The molecule has 1 aliphatic rings. The molecule has 1 aliphatic heterocycles. The van der Waals surface area contributed by atoms with E-state index in [2.05, 4.69) is 11.8 Å². The van der Waals surface area contributed by atoms with Crippen molar-refractivity contribution in [3.63, 3.8) is 0 Å². The van der Waals surface area contributed by atoms with Crippen LogP contribution in [-0.4, -0.2) is 28.6 Å². The van der Waals surface area contributed by atoms with Crippen LogP contribution in [0.3, 0.4) is 0 Å². The number of hydrogen-bond acceptors (Lipinski definition) is 3. The van der Waals surface area contributed by atoms with Gasteiger partial charge in [-0.3, -0.25) is 9.69 Å². The molecule has 1 N–H and O–H groups in total. The van der Waals surface area contributed by atoms with Gasteiger partial charge in [-0.25, -0.2) is 0 Å². The number of rotatable bonds is 3. The fourth-order valence-electron chi connectivity index (χ4n) is 2.68. The molecule has 0 bridgehead atoms. The summed E-state index contributed by atoms with van der Waals surface area (Å²) in [7, 11) is 0. The molecule has 1 saturated heterocycles. The van der Waals surface area contributed by atoms with Gasteiger partial charge in [-0.05, 0) is 39.3 Å². The Hall–Kier alpha value is -1.29. The Bertz CT molecular complexity index is 413. The molecule has 4 nitrogen and oxygen atoms in total. The average molecular weight is 237 g/mol. The largest absolute Gasteiger partial charge is 0.481 e. The monoisotopic (exact) mass is 237 g/mol. The molecular formula is C13H19NO3. The van der Waals surface area contributed by atoms with Crippen LogP contribution in [0.4, 0.5) is 0 Å². The van der Waals surface area contributed by atoms with E-state index in [-0.39, 0.29) is 18.0 Å². The van der Waals surface area contributed by atoms with E-state index in [1.807, 2.05) is 26.0 Å². The van der Waals surface area contributed by atoms with Crippen LogP contribution < -0.4 is 0 Å². The molecule has 2 heterocycles. The summed E-state index contributed by atoms with van der Waals surface area (Å²) in [6.45, 7) is 6.79. The minimum absolute atomic E-state index is 0.0629. The lowest BCUT2D eigenvalue weighted by Gasteiger charge is -2.28. The maximum atomic E-state index is 11.1. The van der Waals surface area contributed by atoms with Gasteiger partial charge in [-0.15, -0.1) is 0 Å². The molecule has 0 aromatic carbocycles. The summed E-state index contributed by atoms with van der Waals surface area (Å²) in [6.07, 6.45) is 0.723. The third kappa shape index (κ3) is 2.22. The predicted molar refractivity (Wildman–Crippen MR) is 63.8 cm³/mol. The first-order chi connectivity index (χ1) is 8.00. The van der Waals surface area contributed by atoms with Crippen LogP contribution in [0.25, 0.3) is 0 Å². The molecule has 0 spiro atoms. The lowest BCUT2D eigenvalue weighted by molar-refractivity contribution is -0.142. The van der Waals surface area contributed by atoms with Crippen LogP contribution in [0.15, 0.2) is 16.5 Å². The number of hydrogen-bond donors (Lipinski definition) is 1. The standard InChI is InChI=1S/C13H19NO3/c1-8-4-5-12(17-8)10(3)14-7-6-11(9(14)2)13(15)16/h4-5,9-11H,6-7H2,1-3H3,(H,15,16). The van der Waals surface area contributed by atoms with Crippen molar-refractivity contribution in [1.29, 1.82) is 0 Å². The number of carboxylic acid groups (broad SMARTS) is 1. The Labute approximate surface area is 101 Å². The Kier molecular flexibility index (Phi) is 3.24. The Morgan fingerprint density at radius 2 is 2.29 bits per heavy atom. The van der Waals surface area contributed by atoms with Gasteiger partial charge < -0.3 is 9.52 Å². The minimum atomic E-state index is -0.692. The highest BCUT2D eigenvalue weighted by Crippen LogP contribution is 2.33. The van der Waals surface area contributed by atoms with Crippen molar-refractivity contribution in [3.8, 4) is 0 Å². The van der Waals surface area contributed by atoms with Gasteiger partial charge in [0.2, 0.25) is 0 Å². The highest BCUT2D eigenvalue weighted by molar-refractivity contribution is 5.71. The van der Waals surface area contributed by atoms with Gasteiger partial charge in [0.25, 0.3) is 0 Å². The van der Waals surface area contributed by atoms with Crippen molar-refractivity contribution in [1.82, 2.24) is 4.90 Å². The van der Waals surface area contributed by atoms with Crippen molar-refractivity contribution in [2.75, 3.05) is 6.54 Å². The second-order valence-corrected chi connectivity index (χ2v) is 4.84. The van der Waals surface area contributed by atoms with Crippen LogP contribution in [-0.2, 0) is 4.79 Å². The molecule has 17 heavy (non-hydrogen) atoms. The molecule has 0 amide bonds. The van der Waals surface area contributed by atoms with Gasteiger partial charge >= 0.3 is 5.97 Å². The van der Waals surface area contributed by atoms with E-state index in [0.29, 0.717) is 0 Å². The molecule has 0 saturated carbocycles. The minimum Gasteiger partial charge on any atom is -0.481 e. The molecule has 1 aromatic rings. The van der Waals surface area contributed by atoms with Crippen LogP contribution in [0.2, 0.25) is 0 Å². The molecular weight excluding hydrogens is 218 g/mol. The molecule has 1 aromatic heterocycles. The van der Waals surface area contributed by atoms with Crippen LogP contribution in [0.1, 0.15) is 37.8 Å². The lowest BCUT2D eigenvalue weighted by atomic mass is 10.0. The van der Waals surface area contributed by atoms with E-state index in [4.69, 9.17) is 9.52 Å². The summed E-state index contributed by atoms with van der Waals surface area (Å²) in [5.74, 6) is 0.866. The SMILES string of the molecule is Cc1ccc(C(C)N2CCC(C(=O)O)C2C)o1. The first-order valence-corrected chi connectivity index (χ1v) is 6.05. The molecule has 4 heteroatoms. The van der Waals surface area contributed by atoms with E-state index in [9.17, 15) is 4.79 Å². The summed E-state index contributed by atoms with van der Waals surface area (Å²) >= 11 is 0. The molecule has 2 rings (SSSR count). The van der Waals surface area contributed by atoms with Gasteiger partial charge in [0.05, 0.1) is 12.0 Å². The number of nitrogens with zero attached hydrogens (tertiary/aromatic N) is 1. The van der Waals surface area contributed by atoms with E-state index in [0.717, 1.165) is 24.5 Å². The van der Waals surface area contributed by atoms with Crippen molar-refractivity contribution in [2.45, 2.75) is 39.3 Å². The van der Waals surface area contributed by atoms with Gasteiger partial charge in [0.15, 0.2) is 0 Å². The Morgan fingerprint density at radius 3 is 2.76 bits per heavy atom. The van der Waals surface area contributed by atoms with Crippen molar-refractivity contribution >= 4 is 5.97 Å². The van der Waals surface area contributed by atoms with Gasteiger partial charge in [-0.1, -0.05) is 0 Å². The number of aliphatic carboxylic acids is 1. The average Bonchev–Trinajstić information content (AvgIpc) is 2.83. The van der Waals surface area contributed by atoms with Gasteiger partial charge in [0, 0.05) is 12.6 Å². The van der Waals surface area contributed by atoms with E-state index < -0.39 is 5.97 Å². The normalized spacial score (nSPS) is 27.2. The molecule has 94 valence electrons. The third-order valence-electron chi connectivity index (χ3n) is 3.79. The molecule has 3 atom stereocenters. The van der Waals surface area contributed by atoms with Crippen molar-refractivity contribution in [3.05, 3.63) is 23.7 Å². The Morgan fingerprint density at radius 1 is 1.59 bits per heavy atom. The summed E-state index contributed by atoms with van der Waals surface area (Å²) < 4.78 is 5.61. The third-order valence-corrected chi connectivity index (χ3v) is 3.79. The second kappa shape index (κ2) is 4.53. The lowest BCUT2D eigenvalue weighted by Crippen LogP contribution is -2.34. The van der Waals surface area contributed by atoms with E-state index in [1.165, 1.54) is 0 Å². The van der Waals surface area contributed by atoms with Crippen LogP contribution >= 0.6 is 0 Å². The summed E-state index contributed by atoms with van der Waals surface area (Å²) in [5.41, 5.74) is 0. The highest BCUT2D eigenvalue weighted by atomic mass is 16.4. The quantitative estimate of drug-likeness (QED) is 0.877. The summed E-state index contributed by atoms with van der Waals surface area (Å²) in [6, 6.07) is 4.12. The Balaban J connectivity index is 2.11. The fourth-order valence-corrected chi connectivity index (χ4v) is 2.68. The summed E-state index contributed by atoms with van der Waals surface area (Å²) in [4.78, 5) is 13.3. The van der Waals surface area contributed by atoms with Gasteiger partial charge in [-0.2, -0.15) is 0 Å². The first kappa shape index (κ1) is 12.2. The topological polar surface area (TPSA) is 53.7 Å². The maximum absolute atomic E-state index is 11.1. The van der Waals surface area contributed by atoms with Crippen molar-refractivity contribution < 1.29 is 14.3 Å². The second-order valence-electron chi connectivity index (χ2n) is 4.84. The zero-order valence-corrected chi connectivity index (χ0v) is 10.5. The summed E-state index contributed by atoms with van der Waals surface area (Å²) in [5, 5.41) is 9.11. The number of carbonyl (C=O) groups is 1. The van der Waals surface area contributed by atoms with E-state index >= 15 is 0 Å². The zero-order chi connectivity index (χ0) is 12.6. The highest BCUT2D eigenvalue weighted by Gasteiger charge is 2.38. The maximum Gasteiger partial charge on any atom is 0.308 e. The van der Waals surface area contributed by atoms with Gasteiger partial charge in [0.1, 0.15) is 11.5 Å². The molecule has 1 fully saturated rings. The van der Waals surface area contributed by atoms with E-state index in [1.54, 1.807) is 0 Å². The molecule has 0 aliphatic carbocycles. The number of furan rings is 1. The number of likely N-dealkylation sites (tertiary alicyclic amines) is 1. The number of carboxylic acids is 1. The fraction of sp³-hybridized carbons (Fsp3) is 0.615. The number of aryl methyl sites for hydroxylation is 1. The first-order valence-electron chi connectivity index (χ1n) is 6.05. The predicted octanol–water partition coefficient (Wildman–Crippen LogP) is 2.44. The van der Waals surface area contributed by atoms with Crippen LogP contribution in [0.5, 0.6) is 0 Å².